The van der Waals surface area contributed by atoms with Crippen LogP contribution >= 0.6 is 23.5 Å². The molecule has 5 heteroatoms. The van der Waals surface area contributed by atoms with Crippen molar-refractivity contribution in [2.45, 2.75) is 11.0 Å². The van der Waals surface area contributed by atoms with Crippen molar-refractivity contribution in [2.24, 2.45) is 0 Å². The monoisotopic (exact) mass is 207 g/mol. The van der Waals surface area contributed by atoms with Gasteiger partial charge in [0.25, 0.3) is 5.91 Å². The molecule has 12 heavy (non-hydrogen) atoms. The van der Waals surface area contributed by atoms with Gasteiger partial charge in [-0.1, -0.05) is 0 Å². The van der Waals surface area contributed by atoms with Gasteiger partial charge in [-0.3, -0.25) is 9.63 Å². The van der Waals surface area contributed by atoms with Crippen molar-refractivity contribution in [2.75, 3.05) is 25.7 Å². The van der Waals surface area contributed by atoms with E-state index >= 15 is 0 Å². The van der Waals surface area contributed by atoms with E-state index in [0.29, 0.717) is 0 Å². The summed E-state index contributed by atoms with van der Waals surface area (Å²) in [6, 6.07) is 0. The van der Waals surface area contributed by atoms with E-state index in [9.17, 15) is 4.79 Å². The quantitative estimate of drug-likeness (QED) is 0.636. The molecule has 0 radical (unpaired) electrons. The maximum absolute atomic E-state index is 11.5. The highest BCUT2D eigenvalue weighted by molar-refractivity contribution is 8.18. The molecule has 0 N–H and O–H groups in total. The summed E-state index contributed by atoms with van der Waals surface area (Å²) in [6.07, 6.45) is 1.20. The van der Waals surface area contributed by atoms with Crippen LogP contribution in [0.5, 0.6) is 0 Å². The van der Waals surface area contributed by atoms with Gasteiger partial charge in [0.05, 0.1) is 7.11 Å². The standard InChI is InChI=1S/C7H13NO2S2/c1-8(10-2)6(9)7-11-4-3-5-12-7/h7H,3-5H2,1-2H3. The Kier molecular flexibility index (Phi) is 4.25. The molecule has 1 fully saturated rings. The van der Waals surface area contributed by atoms with Crippen molar-refractivity contribution in [3.05, 3.63) is 0 Å². The Bertz CT molecular complexity index is 159. The van der Waals surface area contributed by atoms with Crippen molar-refractivity contribution in [1.82, 2.24) is 5.06 Å². The van der Waals surface area contributed by atoms with Crippen LogP contribution in [0.1, 0.15) is 6.42 Å². The van der Waals surface area contributed by atoms with Crippen LogP contribution in [0.4, 0.5) is 0 Å². The van der Waals surface area contributed by atoms with E-state index in [-0.39, 0.29) is 10.5 Å². The van der Waals surface area contributed by atoms with Gasteiger partial charge in [-0.25, -0.2) is 5.06 Å². The lowest BCUT2D eigenvalue weighted by Gasteiger charge is -2.23. The molecule has 1 heterocycles. The van der Waals surface area contributed by atoms with Crippen LogP contribution in [0, 0.1) is 0 Å². The lowest BCUT2D eigenvalue weighted by Crippen LogP contribution is -2.33. The van der Waals surface area contributed by atoms with Gasteiger partial charge >= 0.3 is 0 Å². The number of hydroxylamine groups is 2. The first-order valence-corrected chi connectivity index (χ1v) is 5.90. The number of thioether (sulfide) groups is 2. The summed E-state index contributed by atoms with van der Waals surface area (Å²) >= 11 is 3.41. The predicted molar refractivity (Wildman–Crippen MR) is 53.1 cm³/mol. The second kappa shape index (κ2) is 4.99. The van der Waals surface area contributed by atoms with Crippen LogP contribution in [0.15, 0.2) is 0 Å². The Morgan fingerprint density at radius 1 is 1.50 bits per heavy atom. The maximum Gasteiger partial charge on any atom is 0.269 e. The van der Waals surface area contributed by atoms with Gasteiger partial charge in [0.2, 0.25) is 0 Å². The number of amides is 1. The van der Waals surface area contributed by atoms with Crippen LogP contribution in [0.25, 0.3) is 0 Å². The van der Waals surface area contributed by atoms with Crippen molar-refractivity contribution in [1.29, 1.82) is 0 Å². The molecule has 70 valence electrons. The summed E-state index contributed by atoms with van der Waals surface area (Å²) in [5.74, 6) is 2.23. The number of rotatable bonds is 2. The third kappa shape index (κ3) is 2.57. The summed E-state index contributed by atoms with van der Waals surface area (Å²) in [4.78, 5) is 16.3. The van der Waals surface area contributed by atoms with Crippen LogP contribution in [0.2, 0.25) is 0 Å². The normalized spacial score (nSPS) is 19.2. The summed E-state index contributed by atoms with van der Waals surface area (Å²) in [5, 5.41) is 1.30. The van der Waals surface area contributed by atoms with E-state index in [2.05, 4.69) is 0 Å². The first kappa shape index (κ1) is 10.2. The first-order valence-electron chi connectivity index (χ1n) is 3.80. The fraction of sp³-hybridized carbons (Fsp3) is 0.857. The van der Waals surface area contributed by atoms with E-state index in [4.69, 9.17) is 4.84 Å². The minimum absolute atomic E-state index is 0.0451. The van der Waals surface area contributed by atoms with E-state index in [1.807, 2.05) is 0 Å². The highest BCUT2D eigenvalue weighted by Crippen LogP contribution is 2.31. The molecule has 1 rings (SSSR count). The van der Waals surface area contributed by atoms with Crippen molar-refractivity contribution < 1.29 is 9.63 Å². The smallest absolute Gasteiger partial charge is 0.269 e. The van der Waals surface area contributed by atoms with Crippen LogP contribution in [-0.4, -0.2) is 41.2 Å². The second-order valence-electron chi connectivity index (χ2n) is 2.45. The molecule has 1 amide bonds. The van der Waals surface area contributed by atoms with E-state index in [1.54, 1.807) is 30.6 Å². The van der Waals surface area contributed by atoms with E-state index < -0.39 is 0 Å². The SMILES string of the molecule is CON(C)C(=O)C1SCCCS1. The minimum atomic E-state index is 0.0451. The molecular formula is C7H13NO2S2. The molecule has 1 saturated heterocycles. The lowest BCUT2D eigenvalue weighted by molar-refractivity contribution is -0.166. The van der Waals surface area contributed by atoms with E-state index in [1.165, 1.54) is 18.6 Å². The zero-order valence-corrected chi connectivity index (χ0v) is 8.91. The highest BCUT2D eigenvalue weighted by atomic mass is 32.2. The molecule has 0 aromatic rings. The zero-order valence-electron chi connectivity index (χ0n) is 7.28. The van der Waals surface area contributed by atoms with Crippen LogP contribution < -0.4 is 0 Å². The molecule has 3 nitrogen and oxygen atoms in total. The molecule has 0 aromatic heterocycles. The Morgan fingerprint density at radius 2 is 2.08 bits per heavy atom. The number of nitrogens with zero attached hydrogens (tertiary/aromatic N) is 1. The van der Waals surface area contributed by atoms with Gasteiger partial charge in [0.1, 0.15) is 4.58 Å². The fourth-order valence-corrected chi connectivity index (χ4v) is 3.65. The molecule has 0 saturated carbocycles. The van der Waals surface area contributed by atoms with Gasteiger partial charge in [0.15, 0.2) is 0 Å². The lowest BCUT2D eigenvalue weighted by atomic mass is 10.6. The average Bonchev–Trinajstić information content (AvgIpc) is 2.17. The molecule has 0 aliphatic carbocycles. The fourth-order valence-electron chi connectivity index (χ4n) is 0.869. The molecule has 1 aliphatic rings. The summed E-state index contributed by atoms with van der Waals surface area (Å²) < 4.78 is 0.0451. The number of carbonyl (C=O) groups is 1. The summed E-state index contributed by atoms with van der Waals surface area (Å²) in [6.45, 7) is 0. The molecule has 0 aromatic carbocycles. The van der Waals surface area contributed by atoms with Crippen LogP contribution in [-0.2, 0) is 9.63 Å². The van der Waals surface area contributed by atoms with Crippen LogP contribution in [0.3, 0.4) is 0 Å². The van der Waals surface area contributed by atoms with E-state index in [0.717, 1.165) is 11.5 Å². The van der Waals surface area contributed by atoms with Crippen molar-refractivity contribution in [3.8, 4) is 0 Å². The maximum atomic E-state index is 11.5. The van der Waals surface area contributed by atoms with Gasteiger partial charge in [-0.05, 0) is 17.9 Å². The average molecular weight is 207 g/mol. The molecule has 0 unspecified atom stereocenters. The topological polar surface area (TPSA) is 29.5 Å². The van der Waals surface area contributed by atoms with Gasteiger partial charge in [0, 0.05) is 7.05 Å². The third-order valence-electron chi connectivity index (χ3n) is 1.61. The van der Waals surface area contributed by atoms with Gasteiger partial charge in [-0.15, -0.1) is 23.5 Å². The predicted octanol–water partition coefficient (Wildman–Crippen LogP) is 1.20. The van der Waals surface area contributed by atoms with Gasteiger partial charge in [-0.2, -0.15) is 0 Å². The van der Waals surface area contributed by atoms with Gasteiger partial charge < -0.3 is 0 Å². The molecular weight excluding hydrogens is 194 g/mol. The third-order valence-corrected chi connectivity index (χ3v) is 4.49. The molecule has 0 bridgehead atoms. The first-order chi connectivity index (χ1) is 5.75. The van der Waals surface area contributed by atoms with Crippen molar-refractivity contribution >= 4 is 29.4 Å². The summed E-state index contributed by atoms with van der Waals surface area (Å²) in [5.41, 5.74) is 0. The Hall–Kier alpha value is 0.130. The Labute approximate surface area is 81.2 Å². The van der Waals surface area contributed by atoms with Crippen molar-refractivity contribution in [3.63, 3.8) is 0 Å². The molecule has 1 aliphatic heterocycles. The number of hydrogen-bond donors (Lipinski definition) is 0. The summed E-state index contributed by atoms with van der Waals surface area (Å²) in [7, 11) is 3.16. The number of carbonyl (C=O) groups excluding carboxylic acids is 1. The second-order valence-corrected chi connectivity index (χ2v) is 5.17. The Balaban J connectivity index is 2.39. The largest absolute Gasteiger partial charge is 0.275 e. The zero-order chi connectivity index (χ0) is 8.97. The number of hydrogen-bond acceptors (Lipinski definition) is 4. The highest BCUT2D eigenvalue weighted by Gasteiger charge is 2.25. The molecule has 0 spiro atoms. The Morgan fingerprint density at radius 3 is 2.58 bits per heavy atom. The molecule has 0 atom stereocenters. The minimum Gasteiger partial charge on any atom is -0.275 e.